The summed E-state index contributed by atoms with van der Waals surface area (Å²) in [5.74, 6) is -0.0433. The lowest BCUT2D eigenvalue weighted by atomic mass is 9.73. The molecule has 25 heavy (non-hydrogen) atoms. The molecular weight excluding hydrogens is 314 g/mol. The van der Waals surface area contributed by atoms with Crippen molar-refractivity contribution in [1.29, 1.82) is 0 Å². The first kappa shape index (κ1) is 17.6. The molecule has 1 amide bonds. The Morgan fingerprint density at radius 3 is 2.24 bits per heavy atom. The quantitative estimate of drug-likeness (QED) is 0.881. The second-order valence-electron chi connectivity index (χ2n) is 6.88. The molecule has 0 aromatic heterocycles. The Morgan fingerprint density at radius 1 is 1.08 bits per heavy atom. The molecule has 0 spiro atoms. The summed E-state index contributed by atoms with van der Waals surface area (Å²) < 4.78 is 5.48. The highest BCUT2D eigenvalue weighted by molar-refractivity contribution is 5.88. The molecule has 0 aliphatic carbocycles. The number of benzene rings is 2. The lowest BCUT2D eigenvalue weighted by Gasteiger charge is -2.37. The van der Waals surface area contributed by atoms with Crippen molar-refractivity contribution >= 4 is 5.91 Å². The first-order valence-electron chi connectivity index (χ1n) is 8.74. The van der Waals surface area contributed by atoms with Crippen LogP contribution in [0.4, 0.5) is 0 Å². The van der Waals surface area contributed by atoms with Crippen LogP contribution in [0.25, 0.3) is 0 Å². The third-order valence-corrected chi connectivity index (χ3v) is 5.10. The van der Waals surface area contributed by atoms with Crippen molar-refractivity contribution in [1.82, 2.24) is 5.32 Å². The molecule has 3 rings (SSSR count). The van der Waals surface area contributed by atoms with Gasteiger partial charge in [0.25, 0.3) is 0 Å². The van der Waals surface area contributed by atoms with Gasteiger partial charge in [0.05, 0.1) is 12.0 Å². The maximum absolute atomic E-state index is 13.1. The molecule has 0 radical (unpaired) electrons. The highest BCUT2D eigenvalue weighted by Crippen LogP contribution is 2.35. The fourth-order valence-electron chi connectivity index (χ4n) is 3.44. The van der Waals surface area contributed by atoms with Gasteiger partial charge in [-0.2, -0.15) is 0 Å². The average molecular weight is 339 g/mol. The van der Waals surface area contributed by atoms with Crippen LogP contribution in [0.2, 0.25) is 0 Å². The van der Waals surface area contributed by atoms with Crippen LogP contribution in [-0.4, -0.2) is 30.8 Å². The van der Waals surface area contributed by atoms with E-state index in [-0.39, 0.29) is 12.5 Å². The number of hydrogen-bond donors (Lipinski definition) is 2. The fourth-order valence-corrected chi connectivity index (χ4v) is 3.44. The molecule has 1 unspecified atom stereocenters. The van der Waals surface area contributed by atoms with E-state index in [0.717, 1.165) is 11.1 Å². The van der Waals surface area contributed by atoms with Gasteiger partial charge in [-0.25, -0.2) is 0 Å². The van der Waals surface area contributed by atoms with Gasteiger partial charge in [0, 0.05) is 13.2 Å². The van der Waals surface area contributed by atoms with E-state index in [2.05, 4.69) is 5.32 Å². The van der Waals surface area contributed by atoms with Crippen molar-refractivity contribution in [2.45, 2.75) is 30.8 Å². The van der Waals surface area contributed by atoms with Gasteiger partial charge < -0.3 is 15.2 Å². The monoisotopic (exact) mass is 339 g/mol. The summed E-state index contributed by atoms with van der Waals surface area (Å²) in [6.45, 7) is 3.03. The van der Waals surface area contributed by atoms with E-state index in [1.165, 1.54) is 0 Å². The second kappa shape index (κ2) is 7.38. The summed E-state index contributed by atoms with van der Waals surface area (Å²) in [6.07, 6.45) is 1.30. The molecule has 0 bridgehead atoms. The third-order valence-electron chi connectivity index (χ3n) is 5.10. The van der Waals surface area contributed by atoms with Gasteiger partial charge in [0.1, 0.15) is 5.60 Å². The summed E-state index contributed by atoms with van der Waals surface area (Å²) in [6, 6.07) is 19.3. The molecular formula is C21H25NO3. The van der Waals surface area contributed by atoms with Gasteiger partial charge in [0.2, 0.25) is 5.91 Å². The summed E-state index contributed by atoms with van der Waals surface area (Å²) in [5.41, 5.74) is 0.0953. The van der Waals surface area contributed by atoms with E-state index >= 15 is 0 Å². The first-order chi connectivity index (χ1) is 12.0. The van der Waals surface area contributed by atoms with E-state index in [1.54, 1.807) is 6.92 Å². The largest absolute Gasteiger partial charge is 0.384 e. The normalized spacial score (nSPS) is 19.0. The summed E-state index contributed by atoms with van der Waals surface area (Å²) in [7, 11) is 0. The fraction of sp³-hybridized carbons (Fsp3) is 0.381. The maximum Gasteiger partial charge on any atom is 0.230 e. The third kappa shape index (κ3) is 3.75. The van der Waals surface area contributed by atoms with Crippen LogP contribution in [0.15, 0.2) is 60.7 Å². The summed E-state index contributed by atoms with van der Waals surface area (Å²) >= 11 is 0. The SMILES string of the molecule is CC(O)(CNC(=O)C1(c2ccccc2)CCOCC1)c1ccccc1. The van der Waals surface area contributed by atoms with Crippen LogP contribution in [0.3, 0.4) is 0 Å². The maximum atomic E-state index is 13.1. The number of rotatable bonds is 5. The predicted octanol–water partition coefficient (Wildman–Crippen LogP) is 2.76. The molecule has 2 N–H and O–H groups in total. The number of hydrogen-bond acceptors (Lipinski definition) is 3. The molecule has 4 heteroatoms. The van der Waals surface area contributed by atoms with Crippen LogP contribution < -0.4 is 5.32 Å². The molecule has 4 nitrogen and oxygen atoms in total. The van der Waals surface area contributed by atoms with Crippen molar-refractivity contribution in [3.63, 3.8) is 0 Å². The van der Waals surface area contributed by atoms with Crippen molar-refractivity contribution in [2.75, 3.05) is 19.8 Å². The Labute approximate surface area is 148 Å². The molecule has 1 heterocycles. The smallest absolute Gasteiger partial charge is 0.230 e. The first-order valence-corrected chi connectivity index (χ1v) is 8.74. The van der Waals surface area contributed by atoms with E-state index in [4.69, 9.17) is 4.74 Å². The van der Waals surface area contributed by atoms with Crippen LogP contribution in [0.1, 0.15) is 30.9 Å². The number of carbonyl (C=O) groups excluding carboxylic acids is 1. The lowest BCUT2D eigenvalue weighted by Crippen LogP contribution is -2.51. The predicted molar refractivity (Wildman–Crippen MR) is 97.2 cm³/mol. The second-order valence-corrected chi connectivity index (χ2v) is 6.88. The minimum absolute atomic E-state index is 0.0433. The zero-order valence-electron chi connectivity index (χ0n) is 14.6. The van der Waals surface area contributed by atoms with Crippen molar-refractivity contribution in [2.24, 2.45) is 0 Å². The molecule has 1 saturated heterocycles. The van der Waals surface area contributed by atoms with Gasteiger partial charge in [-0.15, -0.1) is 0 Å². The van der Waals surface area contributed by atoms with Crippen molar-refractivity contribution in [3.05, 3.63) is 71.8 Å². The van der Waals surface area contributed by atoms with E-state index < -0.39 is 11.0 Å². The van der Waals surface area contributed by atoms with E-state index in [0.29, 0.717) is 26.1 Å². The van der Waals surface area contributed by atoms with Gasteiger partial charge in [0.15, 0.2) is 0 Å². The van der Waals surface area contributed by atoms with Gasteiger partial charge >= 0.3 is 0 Å². The van der Waals surface area contributed by atoms with Gasteiger partial charge in [-0.05, 0) is 30.9 Å². The van der Waals surface area contributed by atoms with Crippen LogP contribution in [0.5, 0.6) is 0 Å². The highest BCUT2D eigenvalue weighted by Gasteiger charge is 2.42. The highest BCUT2D eigenvalue weighted by atomic mass is 16.5. The molecule has 2 aromatic carbocycles. The van der Waals surface area contributed by atoms with Crippen LogP contribution >= 0.6 is 0 Å². The zero-order valence-corrected chi connectivity index (χ0v) is 14.6. The molecule has 0 saturated carbocycles. The Bertz CT molecular complexity index is 692. The van der Waals surface area contributed by atoms with E-state index in [9.17, 15) is 9.90 Å². The van der Waals surface area contributed by atoms with Crippen molar-refractivity contribution in [3.8, 4) is 0 Å². The standard InChI is InChI=1S/C21H25NO3/c1-20(24,17-8-4-2-5-9-17)16-22-19(23)21(12-14-25-15-13-21)18-10-6-3-7-11-18/h2-11,24H,12-16H2,1H3,(H,22,23). The van der Waals surface area contributed by atoms with Crippen LogP contribution in [0, 0.1) is 0 Å². The number of ether oxygens (including phenoxy) is 1. The van der Waals surface area contributed by atoms with Gasteiger partial charge in [-0.1, -0.05) is 60.7 Å². The number of nitrogens with one attached hydrogen (secondary N) is 1. The number of aliphatic hydroxyl groups is 1. The minimum atomic E-state index is -1.11. The minimum Gasteiger partial charge on any atom is -0.384 e. The number of carbonyl (C=O) groups is 1. The van der Waals surface area contributed by atoms with Crippen molar-refractivity contribution < 1.29 is 14.6 Å². The summed E-state index contributed by atoms with van der Waals surface area (Å²) in [4.78, 5) is 13.1. The Morgan fingerprint density at radius 2 is 1.64 bits per heavy atom. The Balaban J connectivity index is 1.78. The molecule has 1 fully saturated rings. The lowest BCUT2D eigenvalue weighted by molar-refractivity contribution is -0.131. The molecule has 2 aromatic rings. The zero-order chi connectivity index (χ0) is 17.8. The number of amides is 1. The summed E-state index contributed by atoms with van der Waals surface area (Å²) in [5, 5.41) is 13.7. The molecule has 1 aliphatic heterocycles. The molecule has 1 atom stereocenters. The Hall–Kier alpha value is -2.17. The van der Waals surface area contributed by atoms with E-state index in [1.807, 2.05) is 60.7 Å². The van der Waals surface area contributed by atoms with Crippen LogP contribution in [-0.2, 0) is 20.5 Å². The molecule has 132 valence electrons. The Kier molecular flexibility index (Phi) is 5.21. The topological polar surface area (TPSA) is 58.6 Å². The average Bonchev–Trinajstić information content (AvgIpc) is 2.68. The van der Waals surface area contributed by atoms with Gasteiger partial charge in [-0.3, -0.25) is 4.79 Å². The molecule has 1 aliphatic rings.